The Balaban J connectivity index is 2.37. The molecule has 0 radical (unpaired) electrons. The molecule has 1 aromatic rings. The van der Waals surface area contributed by atoms with E-state index >= 15 is 0 Å². The summed E-state index contributed by atoms with van der Waals surface area (Å²) in [4.78, 5) is 36.9. The Morgan fingerprint density at radius 1 is 1.43 bits per heavy atom. The van der Waals surface area contributed by atoms with Crippen LogP contribution in [0.3, 0.4) is 0 Å². The van der Waals surface area contributed by atoms with Crippen LogP contribution in [-0.2, 0) is 25.7 Å². The highest BCUT2D eigenvalue weighted by atomic mass is 32.2. The topological polar surface area (TPSA) is 139 Å². The number of hydrogen-bond donors (Lipinski definition) is 2. The zero-order valence-corrected chi connectivity index (χ0v) is 16.5. The maximum Gasteiger partial charge on any atom is 0.265 e. The van der Waals surface area contributed by atoms with Gasteiger partial charge in [-0.15, -0.1) is 4.31 Å². The van der Waals surface area contributed by atoms with E-state index in [2.05, 4.69) is 5.32 Å². The first kappa shape index (κ1) is 21.9. The molecular weight excluding hydrogens is 380 g/mol. The third-order valence-electron chi connectivity index (χ3n) is 4.48. The van der Waals surface area contributed by atoms with Gasteiger partial charge in [-0.05, 0) is 37.4 Å². The van der Waals surface area contributed by atoms with Crippen LogP contribution < -0.4 is 11.1 Å². The molecule has 1 saturated heterocycles. The summed E-state index contributed by atoms with van der Waals surface area (Å²) in [5, 5.41) is 12.3. The molecule has 150 valence electrons. The fraction of sp³-hybridized carbons (Fsp3) is 0.474. The number of hydrogen-bond acceptors (Lipinski definition) is 6. The average Bonchev–Trinajstić information content (AvgIpc) is 2.85. The number of amides is 2. The normalized spacial score (nSPS) is 19.2. The van der Waals surface area contributed by atoms with Crippen molar-refractivity contribution < 1.29 is 18.9 Å². The monoisotopic (exact) mass is 404 g/mol. The van der Waals surface area contributed by atoms with Crippen molar-refractivity contribution in [1.82, 2.24) is 9.62 Å². The van der Waals surface area contributed by atoms with E-state index in [1.807, 2.05) is 6.07 Å². The van der Waals surface area contributed by atoms with E-state index in [9.17, 15) is 24.2 Å². The molecule has 1 aliphatic heterocycles. The van der Waals surface area contributed by atoms with Crippen LogP contribution in [-0.4, -0.2) is 45.6 Å². The number of nitrogens with one attached hydrogen (secondary N) is 1. The van der Waals surface area contributed by atoms with Crippen molar-refractivity contribution in [3.05, 3.63) is 29.8 Å². The van der Waals surface area contributed by atoms with E-state index in [0.29, 0.717) is 19.4 Å². The minimum atomic E-state index is -2.02. The van der Waals surface area contributed by atoms with Gasteiger partial charge in [0.2, 0.25) is 5.91 Å². The molecule has 1 aliphatic rings. The Labute approximate surface area is 167 Å². The Morgan fingerprint density at radius 2 is 2.14 bits per heavy atom. The maximum absolute atomic E-state index is 13.3. The highest BCUT2D eigenvalue weighted by Gasteiger charge is 2.41. The number of rotatable bonds is 7. The van der Waals surface area contributed by atoms with Crippen LogP contribution in [0.15, 0.2) is 29.2 Å². The standard InChI is InChI=1S/C19H24N4O4S/c1-13(9-18(21)25)10-19(26)23(15-6-4-8-22-12-16(15)24)28(27)17-7-3-2-5-14(17)11-20/h2-3,5,7,13,15,22H,4,6,8-10,12H2,1H3,(H2,21,25)/t13-,15?,28?/m0/s1. The molecule has 2 rings (SSSR count). The Kier molecular flexibility index (Phi) is 7.99. The van der Waals surface area contributed by atoms with Crippen molar-refractivity contribution in [2.24, 2.45) is 11.7 Å². The predicted molar refractivity (Wildman–Crippen MR) is 103 cm³/mol. The minimum Gasteiger partial charge on any atom is -0.588 e. The zero-order chi connectivity index (χ0) is 20.7. The maximum atomic E-state index is 13.3. The molecule has 0 aliphatic carbocycles. The Bertz CT molecular complexity index is 779. The zero-order valence-electron chi connectivity index (χ0n) is 15.7. The first-order valence-electron chi connectivity index (χ1n) is 9.10. The molecule has 3 N–H and O–H groups in total. The van der Waals surface area contributed by atoms with Crippen molar-refractivity contribution in [3.8, 4) is 6.07 Å². The first-order valence-corrected chi connectivity index (χ1v) is 10.2. The second kappa shape index (κ2) is 10.2. The van der Waals surface area contributed by atoms with Gasteiger partial charge in [-0.25, -0.2) is 0 Å². The van der Waals surface area contributed by atoms with E-state index in [0.717, 1.165) is 4.31 Å². The number of nitrogens with two attached hydrogens (primary N) is 1. The van der Waals surface area contributed by atoms with Crippen molar-refractivity contribution in [2.45, 2.75) is 43.5 Å². The summed E-state index contributed by atoms with van der Waals surface area (Å²) < 4.78 is 14.4. The molecule has 1 aromatic carbocycles. The fourth-order valence-corrected chi connectivity index (χ4v) is 4.58. The number of carbonyl (C=O) groups excluding carboxylic acids is 3. The van der Waals surface area contributed by atoms with E-state index < -0.39 is 29.2 Å². The highest BCUT2D eigenvalue weighted by Crippen LogP contribution is 2.26. The van der Waals surface area contributed by atoms with Gasteiger partial charge in [-0.2, -0.15) is 5.26 Å². The molecule has 2 amide bonds. The van der Waals surface area contributed by atoms with Crippen molar-refractivity contribution in [2.75, 3.05) is 13.1 Å². The van der Waals surface area contributed by atoms with Crippen LogP contribution in [0.5, 0.6) is 0 Å². The largest absolute Gasteiger partial charge is 0.588 e. The number of ketones is 1. The molecule has 0 spiro atoms. The van der Waals surface area contributed by atoms with Gasteiger partial charge >= 0.3 is 0 Å². The molecular formula is C19H24N4O4S. The first-order chi connectivity index (χ1) is 13.3. The lowest BCUT2D eigenvalue weighted by molar-refractivity contribution is -0.134. The van der Waals surface area contributed by atoms with Crippen LogP contribution >= 0.6 is 0 Å². The molecule has 9 heteroatoms. The number of nitrogens with zero attached hydrogens (tertiary/aromatic N) is 2. The van der Waals surface area contributed by atoms with E-state index in [1.54, 1.807) is 19.1 Å². The van der Waals surface area contributed by atoms with Gasteiger partial charge in [0.05, 0.1) is 6.54 Å². The molecule has 0 bridgehead atoms. The smallest absolute Gasteiger partial charge is 0.265 e. The summed E-state index contributed by atoms with van der Waals surface area (Å²) in [6.45, 7) is 2.41. The van der Waals surface area contributed by atoms with Gasteiger partial charge in [-0.1, -0.05) is 19.1 Å². The second-order valence-electron chi connectivity index (χ2n) is 6.86. The van der Waals surface area contributed by atoms with Gasteiger partial charge in [0, 0.05) is 12.8 Å². The average molecular weight is 404 g/mol. The third-order valence-corrected chi connectivity index (χ3v) is 6.03. The lowest BCUT2D eigenvalue weighted by Gasteiger charge is -2.30. The highest BCUT2D eigenvalue weighted by molar-refractivity contribution is 7.89. The van der Waals surface area contributed by atoms with Gasteiger partial charge in [0.15, 0.2) is 10.7 Å². The number of nitriles is 1. The summed E-state index contributed by atoms with van der Waals surface area (Å²) in [6.07, 6.45) is 0.970. The molecule has 1 heterocycles. The van der Waals surface area contributed by atoms with Crippen LogP contribution in [0.1, 0.15) is 38.2 Å². The van der Waals surface area contributed by atoms with E-state index in [1.165, 1.54) is 12.1 Å². The van der Waals surface area contributed by atoms with Crippen LogP contribution in [0.25, 0.3) is 0 Å². The van der Waals surface area contributed by atoms with Crippen molar-refractivity contribution >= 4 is 29.0 Å². The molecule has 1 fully saturated rings. The molecule has 0 saturated carbocycles. The molecule has 8 nitrogen and oxygen atoms in total. The lowest BCUT2D eigenvalue weighted by atomic mass is 10.0. The molecule has 3 atom stereocenters. The molecule has 0 aromatic heterocycles. The SMILES string of the molecule is C[C@@H](CC(N)=O)CC(=O)N(C1CCCNCC1=O)[S+]([O-])c1ccccc1C#N. The fourth-order valence-electron chi connectivity index (χ4n) is 3.16. The van der Waals surface area contributed by atoms with Crippen LogP contribution in [0.2, 0.25) is 0 Å². The van der Waals surface area contributed by atoms with E-state index in [4.69, 9.17) is 5.73 Å². The molecule has 28 heavy (non-hydrogen) atoms. The second-order valence-corrected chi connectivity index (χ2v) is 8.19. The summed E-state index contributed by atoms with van der Waals surface area (Å²) in [6, 6.07) is 7.42. The third kappa shape index (κ3) is 5.55. The summed E-state index contributed by atoms with van der Waals surface area (Å²) in [7, 11) is 0. The Morgan fingerprint density at radius 3 is 2.82 bits per heavy atom. The molecule has 2 unspecified atom stereocenters. The number of benzene rings is 1. The summed E-state index contributed by atoms with van der Waals surface area (Å²) >= 11 is -2.02. The van der Waals surface area contributed by atoms with Gasteiger partial charge < -0.3 is 15.6 Å². The van der Waals surface area contributed by atoms with Crippen LogP contribution in [0, 0.1) is 17.2 Å². The summed E-state index contributed by atoms with van der Waals surface area (Å²) in [5.41, 5.74) is 5.38. The number of Topliss-reactive ketones (excluding diaryl/α,β-unsaturated/α-hetero) is 1. The van der Waals surface area contributed by atoms with Gasteiger partial charge in [-0.3, -0.25) is 14.4 Å². The quantitative estimate of drug-likeness (QED) is 0.639. The van der Waals surface area contributed by atoms with Gasteiger partial charge in [0.25, 0.3) is 5.91 Å². The van der Waals surface area contributed by atoms with Crippen LogP contribution in [0.4, 0.5) is 0 Å². The predicted octanol–water partition coefficient (Wildman–Crippen LogP) is 0.632. The van der Waals surface area contributed by atoms with Gasteiger partial charge in [0.1, 0.15) is 29.0 Å². The lowest BCUT2D eigenvalue weighted by Crippen LogP contribution is -2.50. The summed E-state index contributed by atoms with van der Waals surface area (Å²) in [5.74, 6) is -1.61. The Hall–Kier alpha value is -2.41. The number of carbonyl (C=O) groups is 3. The van der Waals surface area contributed by atoms with E-state index in [-0.39, 0.29) is 41.5 Å². The van der Waals surface area contributed by atoms with Crippen molar-refractivity contribution in [3.63, 3.8) is 0 Å². The number of primary amides is 1. The van der Waals surface area contributed by atoms with Crippen molar-refractivity contribution in [1.29, 1.82) is 5.26 Å². The minimum absolute atomic E-state index is 0.0150.